The van der Waals surface area contributed by atoms with E-state index in [1.165, 1.54) is 6.07 Å². The number of sulfonamides is 1. The number of halogens is 2. The molecule has 0 radical (unpaired) electrons. The average Bonchev–Trinajstić information content (AvgIpc) is 2.43. The van der Waals surface area contributed by atoms with Crippen molar-refractivity contribution in [2.75, 3.05) is 4.72 Å². The van der Waals surface area contributed by atoms with Crippen molar-refractivity contribution in [3.8, 4) is 0 Å². The highest BCUT2D eigenvalue weighted by atomic mass is 35.5. The molecule has 21 heavy (non-hydrogen) atoms. The number of nitrogens with one attached hydrogen (secondary N) is 1. The van der Waals surface area contributed by atoms with Gasteiger partial charge in [0.15, 0.2) is 0 Å². The van der Waals surface area contributed by atoms with Crippen LogP contribution < -0.4 is 4.72 Å². The van der Waals surface area contributed by atoms with Gasteiger partial charge in [0, 0.05) is 10.6 Å². The van der Waals surface area contributed by atoms with Gasteiger partial charge in [0.25, 0.3) is 10.0 Å². The van der Waals surface area contributed by atoms with E-state index in [1.807, 2.05) is 0 Å². The number of aliphatic hydroxyl groups is 1. The molecule has 0 aliphatic rings. The van der Waals surface area contributed by atoms with Crippen molar-refractivity contribution in [2.24, 2.45) is 0 Å². The second-order valence-corrected chi connectivity index (χ2v) is 6.59. The molecule has 2 rings (SSSR count). The van der Waals surface area contributed by atoms with Crippen LogP contribution >= 0.6 is 11.6 Å². The SMILES string of the molecule is Cc1ccc(Cl)cc1NS(=O)(=O)c1ccc(F)c(CO)c1. The van der Waals surface area contributed by atoms with Gasteiger partial charge < -0.3 is 5.11 Å². The van der Waals surface area contributed by atoms with E-state index in [4.69, 9.17) is 16.7 Å². The van der Waals surface area contributed by atoms with Crippen molar-refractivity contribution in [3.63, 3.8) is 0 Å². The molecule has 0 aliphatic carbocycles. The van der Waals surface area contributed by atoms with Gasteiger partial charge in [-0.05, 0) is 42.8 Å². The third-order valence-corrected chi connectivity index (χ3v) is 4.54. The highest BCUT2D eigenvalue weighted by molar-refractivity contribution is 7.92. The Morgan fingerprint density at radius 1 is 1.24 bits per heavy atom. The Kier molecular flexibility index (Phi) is 4.51. The van der Waals surface area contributed by atoms with E-state index in [1.54, 1.807) is 19.1 Å². The second-order valence-electron chi connectivity index (χ2n) is 4.48. The number of aliphatic hydroxyl groups excluding tert-OH is 1. The third kappa shape index (κ3) is 3.53. The van der Waals surface area contributed by atoms with E-state index in [9.17, 15) is 12.8 Å². The first kappa shape index (κ1) is 15.8. The zero-order valence-electron chi connectivity index (χ0n) is 11.1. The minimum atomic E-state index is -3.89. The van der Waals surface area contributed by atoms with E-state index in [0.29, 0.717) is 16.3 Å². The maximum Gasteiger partial charge on any atom is 0.261 e. The summed E-state index contributed by atoms with van der Waals surface area (Å²) in [5, 5.41) is 9.40. The van der Waals surface area contributed by atoms with Crippen LogP contribution in [0.2, 0.25) is 5.02 Å². The highest BCUT2D eigenvalue weighted by Gasteiger charge is 2.17. The van der Waals surface area contributed by atoms with Gasteiger partial charge in [0.05, 0.1) is 17.2 Å². The molecule has 0 aliphatic heterocycles. The fourth-order valence-electron chi connectivity index (χ4n) is 1.75. The van der Waals surface area contributed by atoms with Crippen molar-refractivity contribution in [1.82, 2.24) is 0 Å². The predicted octanol–water partition coefficient (Wildman–Crippen LogP) is 3.08. The molecule has 0 saturated carbocycles. The maximum atomic E-state index is 13.3. The van der Waals surface area contributed by atoms with Crippen LogP contribution in [0.3, 0.4) is 0 Å². The Bertz CT molecular complexity index is 778. The van der Waals surface area contributed by atoms with E-state index in [2.05, 4.69) is 4.72 Å². The van der Waals surface area contributed by atoms with Gasteiger partial charge in [-0.2, -0.15) is 0 Å². The largest absolute Gasteiger partial charge is 0.392 e. The molecule has 0 atom stereocenters. The van der Waals surface area contributed by atoms with Gasteiger partial charge in [-0.3, -0.25) is 4.72 Å². The standard InChI is InChI=1S/C14H13ClFNO3S/c1-9-2-3-11(15)7-14(9)17-21(19,20)12-4-5-13(16)10(6-12)8-18/h2-7,17-18H,8H2,1H3. The number of aryl methyl sites for hydroxylation is 1. The molecule has 0 bridgehead atoms. The Morgan fingerprint density at radius 3 is 2.62 bits per heavy atom. The van der Waals surface area contributed by atoms with Crippen LogP contribution in [0.4, 0.5) is 10.1 Å². The molecule has 0 heterocycles. The van der Waals surface area contributed by atoms with Crippen molar-refractivity contribution in [1.29, 1.82) is 0 Å². The summed E-state index contributed by atoms with van der Waals surface area (Å²) in [4.78, 5) is -0.132. The molecular weight excluding hydrogens is 317 g/mol. The third-order valence-electron chi connectivity index (χ3n) is 2.94. The average molecular weight is 330 g/mol. The van der Waals surface area contributed by atoms with Crippen LogP contribution in [0.1, 0.15) is 11.1 Å². The molecule has 4 nitrogen and oxygen atoms in total. The summed E-state index contributed by atoms with van der Waals surface area (Å²) in [5.74, 6) is -0.657. The lowest BCUT2D eigenvalue weighted by molar-refractivity contribution is 0.275. The lowest BCUT2D eigenvalue weighted by Gasteiger charge is -2.12. The molecule has 0 spiro atoms. The molecule has 2 N–H and O–H groups in total. The van der Waals surface area contributed by atoms with E-state index in [-0.39, 0.29) is 10.5 Å². The Labute approximate surface area is 127 Å². The second kappa shape index (κ2) is 6.01. The summed E-state index contributed by atoms with van der Waals surface area (Å²) in [5.41, 5.74) is 0.963. The lowest BCUT2D eigenvalue weighted by Crippen LogP contribution is -2.14. The van der Waals surface area contributed by atoms with Crippen LogP contribution in [-0.2, 0) is 16.6 Å². The van der Waals surface area contributed by atoms with Gasteiger partial charge in [-0.15, -0.1) is 0 Å². The molecular formula is C14H13ClFNO3S. The summed E-state index contributed by atoms with van der Waals surface area (Å²) in [6.45, 7) is 1.16. The fraction of sp³-hybridized carbons (Fsp3) is 0.143. The van der Waals surface area contributed by atoms with Gasteiger partial charge in [-0.1, -0.05) is 17.7 Å². The number of hydrogen-bond donors (Lipinski definition) is 2. The first-order chi connectivity index (χ1) is 9.83. The van der Waals surface area contributed by atoms with Crippen LogP contribution in [0, 0.1) is 12.7 Å². The summed E-state index contributed by atoms with van der Waals surface area (Å²) in [6.07, 6.45) is 0. The number of benzene rings is 2. The zero-order chi connectivity index (χ0) is 15.6. The van der Waals surface area contributed by atoms with Crippen molar-refractivity contribution in [3.05, 3.63) is 58.4 Å². The molecule has 0 aromatic heterocycles. The van der Waals surface area contributed by atoms with Crippen molar-refractivity contribution < 1.29 is 17.9 Å². The lowest BCUT2D eigenvalue weighted by atomic mass is 10.2. The predicted molar refractivity (Wildman–Crippen MR) is 79.3 cm³/mol. The topological polar surface area (TPSA) is 66.4 Å². The van der Waals surface area contributed by atoms with Crippen molar-refractivity contribution >= 4 is 27.3 Å². The minimum Gasteiger partial charge on any atom is -0.392 e. The fourth-order valence-corrected chi connectivity index (χ4v) is 3.09. The minimum absolute atomic E-state index is 0.0827. The normalized spacial score (nSPS) is 11.4. The summed E-state index contributed by atoms with van der Waals surface area (Å²) < 4.78 is 40.3. The van der Waals surface area contributed by atoms with Crippen LogP contribution in [0.25, 0.3) is 0 Å². The first-order valence-corrected chi connectivity index (χ1v) is 7.88. The smallest absolute Gasteiger partial charge is 0.261 e. The van der Waals surface area contributed by atoms with Crippen molar-refractivity contribution in [2.45, 2.75) is 18.4 Å². The Balaban J connectivity index is 2.41. The Hall–Kier alpha value is -1.63. The number of hydrogen-bond acceptors (Lipinski definition) is 3. The van der Waals surface area contributed by atoms with Gasteiger partial charge in [0.2, 0.25) is 0 Å². The van der Waals surface area contributed by atoms with Gasteiger partial charge >= 0.3 is 0 Å². The number of anilines is 1. The molecule has 0 amide bonds. The van der Waals surface area contributed by atoms with E-state index >= 15 is 0 Å². The van der Waals surface area contributed by atoms with Crippen LogP contribution in [0.5, 0.6) is 0 Å². The Morgan fingerprint density at radius 2 is 1.95 bits per heavy atom. The molecule has 0 fully saturated rings. The van der Waals surface area contributed by atoms with E-state index in [0.717, 1.165) is 18.2 Å². The monoisotopic (exact) mass is 329 g/mol. The van der Waals surface area contributed by atoms with Gasteiger partial charge in [-0.25, -0.2) is 12.8 Å². The summed E-state index contributed by atoms with van der Waals surface area (Å²) in [6, 6.07) is 8.06. The quantitative estimate of drug-likeness (QED) is 0.906. The molecule has 112 valence electrons. The highest BCUT2D eigenvalue weighted by Crippen LogP contribution is 2.24. The van der Waals surface area contributed by atoms with Crippen LogP contribution in [-0.4, -0.2) is 13.5 Å². The first-order valence-electron chi connectivity index (χ1n) is 6.02. The molecule has 2 aromatic rings. The van der Waals surface area contributed by atoms with Gasteiger partial charge in [0.1, 0.15) is 5.82 Å². The molecule has 0 saturated heterocycles. The molecule has 0 unspecified atom stereocenters. The molecule has 2 aromatic carbocycles. The summed E-state index contributed by atoms with van der Waals surface area (Å²) >= 11 is 5.84. The zero-order valence-corrected chi connectivity index (χ0v) is 12.7. The number of rotatable bonds is 4. The maximum absolute atomic E-state index is 13.3. The summed E-state index contributed by atoms with van der Waals surface area (Å²) in [7, 11) is -3.89. The van der Waals surface area contributed by atoms with Crippen LogP contribution in [0.15, 0.2) is 41.3 Å². The van der Waals surface area contributed by atoms with E-state index < -0.39 is 22.4 Å². The molecule has 7 heteroatoms.